The van der Waals surface area contributed by atoms with Crippen molar-refractivity contribution in [3.63, 3.8) is 0 Å². The van der Waals surface area contributed by atoms with Crippen molar-refractivity contribution in [3.05, 3.63) is 17.5 Å². The van der Waals surface area contributed by atoms with Gasteiger partial charge in [-0.05, 0) is 44.3 Å². The zero-order valence-electron chi connectivity index (χ0n) is 12.7. The molecule has 0 atom stereocenters. The smallest absolute Gasteiger partial charge is 0.191 e. The van der Waals surface area contributed by atoms with Gasteiger partial charge in [0.2, 0.25) is 0 Å². The van der Waals surface area contributed by atoms with Crippen LogP contribution >= 0.6 is 0 Å². The molecule has 0 amide bonds. The SMILES string of the molecule is Cc1nocc1CCCCO[Si](C)(C)C(C)(C)C. The van der Waals surface area contributed by atoms with Gasteiger partial charge in [0, 0.05) is 12.2 Å². The van der Waals surface area contributed by atoms with Gasteiger partial charge in [0.15, 0.2) is 8.32 Å². The van der Waals surface area contributed by atoms with Gasteiger partial charge in [-0.2, -0.15) is 0 Å². The molecule has 0 saturated heterocycles. The molecule has 104 valence electrons. The minimum atomic E-state index is -1.56. The Hall–Kier alpha value is -0.613. The summed E-state index contributed by atoms with van der Waals surface area (Å²) in [7, 11) is -1.56. The predicted molar refractivity (Wildman–Crippen MR) is 77.3 cm³/mol. The zero-order chi connectivity index (χ0) is 13.8. The van der Waals surface area contributed by atoms with E-state index in [1.54, 1.807) is 6.26 Å². The van der Waals surface area contributed by atoms with Crippen molar-refractivity contribution in [2.75, 3.05) is 6.61 Å². The number of aromatic nitrogens is 1. The second-order valence-corrected chi connectivity index (χ2v) is 11.3. The van der Waals surface area contributed by atoms with E-state index in [4.69, 9.17) is 8.95 Å². The summed E-state index contributed by atoms with van der Waals surface area (Å²) in [6.07, 6.45) is 5.04. The van der Waals surface area contributed by atoms with Crippen molar-refractivity contribution < 1.29 is 8.95 Å². The Morgan fingerprint density at radius 1 is 1.28 bits per heavy atom. The van der Waals surface area contributed by atoms with Gasteiger partial charge in [0.1, 0.15) is 6.26 Å². The van der Waals surface area contributed by atoms with Crippen LogP contribution in [0.5, 0.6) is 0 Å². The molecule has 0 saturated carbocycles. The van der Waals surface area contributed by atoms with Crippen LogP contribution < -0.4 is 0 Å². The summed E-state index contributed by atoms with van der Waals surface area (Å²) < 4.78 is 11.1. The fraction of sp³-hybridized carbons (Fsp3) is 0.786. The number of aryl methyl sites for hydroxylation is 2. The molecule has 0 N–H and O–H groups in total. The molecule has 0 aliphatic carbocycles. The van der Waals surface area contributed by atoms with E-state index in [-0.39, 0.29) is 0 Å². The van der Waals surface area contributed by atoms with Crippen LogP contribution in [0.3, 0.4) is 0 Å². The van der Waals surface area contributed by atoms with Crippen molar-refractivity contribution >= 4 is 8.32 Å². The van der Waals surface area contributed by atoms with Gasteiger partial charge in [0.25, 0.3) is 0 Å². The third-order valence-corrected chi connectivity index (χ3v) is 8.50. The molecule has 0 aromatic carbocycles. The fourth-order valence-corrected chi connectivity index (χ4v) is 2.60. The number of nitrogens with zero attached hydrogens (tertiary/aromatic N) is 1. The summed E-state index contributed by atoms with van der Waals surface area (Å²) in [6, 6.07) is 0. The Labute approximate surface area is 112 Å². The van der Waals surface area contributed by atoms with Crippen LogP contribution in [0.2, 0.25) is 18.1 Å². The van der Waals surface area contributed by atoms with Gasteiger partial charge in [0.05, 0.1) is 5.69 Å². The Morgan fingerprint density at radius 3 is 2.44 bits per heavy atom. The molecule has 0 radical (unpaired) electrons. The first-order valence-electron chi connectivity index (χ1n) is 6.78. The Bertz CT molecular complexity index is 366. The van der Waals surface area contributed by atoms with E-state index in [2.05, 4.69) is 39.0 Å². The lowest BCUT2D eigenvalue weighted by Gasteiger charge is -2.36. The third-order valence-electron chi connectivity index (χ3n) is 3.96. The second kappa shape index (κ2) is 6.02. The average Bonchev–Trinajstić information content (AvgIpc) is 2.62. The molecule has 0 spiro atoms. The molecule has 0 fully saturated rings. The minimum absolute atomic E-state index is 0.304. The molecule has 4 heteroatoms. The number of hydrogen-bond donors (Lipinski definition) is 0. The highest BCUT2D eigenvalue weighted by atomic mass is 28.4. The third kappa shape index (κ3) is 4.25. The second-order valence-electron chi connectivity index (χ2n) is 6.49. The molecular formula is C14H27NO2Si. The van der Waals surface area contributed by atoms with Crippen LogP contribution in [0.4, 0.5) is 0 Å². The first kappa shape index (κ1) is 15.4. The maximum absolute atomic E-state index is 6.14. The highest BCUT2D eigenvalue weighted by molar-refractivity contribution is 6.74. The number of rotatable bonds is 6. The maximum Gasteiger partial charge on any atom is 0.191 e. The monoisotopic (exact) mass is 269 g/mol. The minimum Gasteiger partial charge on any atom is -0.417 e. The van der Waals surface area contributed by atoms with Crippen LogP contribution in [-0.4, -0.2) is 20.1 Å². The lowest BCUT2D eigenvalue weighted by molar-refractivity contribution is 0.279. The van der Waals surface area contributed by atoms with E-state index in [1.165, 1.54) is 5.56 Å². The highest BCUT2D eigenvalue weighted by Crippen LogP contribution is 2.36. The fourth-order valence-electron chi connectivity index (χ4n) is 1.51. The summed E-state index contributed by atoms with van der Waals surface area (Å²) in [4.78, 5) is 0. The van der Waals surface area contributed by atoms with Crippen molar-refractivity contribution in [2.24, 2.45) is 0 Å². The van der Waals surface area contributed by atoms with E-state index in [0.717, 1.165) is 31.6 Å². The molecule has 3 nitrogen and oxygen atoms in total. The van der Waals surface area contributed by atoms with Crippen molar-refractivity contribution in [1.82, 2.24) is 5.16 Å². The van der Waals surface area contributed by atoms with Crippen molar-refractivity contribution in [3.8, 4) is 0 Å². The Balaban J connectivity index is 2.22. The molecule has 0 bridgehead atoms. The van der Waals surface area contributed by atoms with Gasteiger partial charge in [-0.1, -0.05) is 25.9 Å². The molecule has 1 heterocycles. The van der Waals surface area contributed by atoms with Gasteiger partial charge in [-0.15, -0.1) is 0 Å². The normalized spacial score (nSPS) is 13.0. The lowest BCUT2D eigenvalue weighted by atomic mass is 10.1. The van der Waals surface area contributed by atoms with Gasteiger partial charge < -0.3 is 8.95 Å². The maximum atomic E-state index is 6.14. The van der Waals surface area contributed by atoms with Crippen LogP contribution in [0.15, 0.2) is 10.8 Å². The standard InChI is InChI=1S/C14H27NO2Si/c1-12-13(11-16-15-12)9-7-8-10-17-18(5,6)14(2,3)4/h11H,7-10H2,1-6H3. The van der Waals surface area contributed by atoms with Crippen LogP contribution in [0.1, 0.15) is 44.9 Å². The molecule has 1 aromatic heterocycles. The lowest BCUT2D eigenvalue weighted by Crippen LogP contribution is -2.40. The molecule has 0 aliphatic heterocycles. The number of hydrogen-bond acceptors (Lipinski definition) is 3. The first-order valence-corrected chi connectivity index (χ1v) is 9.69. The summed E-state index contributed by atoms with van der Waals surface area (Å²) in [5.41, 5.74) is 2.24. The van der Waals surface area contributed by atoms with Crippen LogP contribution in [0, 0.1) is 6.92 Å². The van der Waals surface area contributed by atoms with E-state index in [9.17, 15) is 0 Å². The zero-order valence-corrected chi connectivity index (χ0v) is 13.7. The number of unbranched alkanes of at least 4 members (excludes halogenated alkanes) is 1. The quantitative estimate of drug-likeness (QED) is 0.569. The van der Waals surface area contributed by atoms with E-state index in [0.29, 0.717) is 5.04 Å². The summed E-state index contributed by atoms with van der Waals surface area (Å²) in [5, 5.41) is 4.19. The van der Waals surface area contributed by atoms with E-state index < -0.39 is 8.32 Å². The van der Waals surface area contributed by atoms with E-state index in [1.807, 2.05) is 6.92 Å². The van der Waals surface area contributed by atoms with E-state index >= 15 is 0 Å². The summed E-state index contributed by atoms with van der Waals surface area (Å²) in [6.45, 7) is 14.3. The molecule has 0 aliphatic rings. The Morgan fingerprint density at radius 2 is 1.94 bits per heavy atom. The molecule has 1 aromatic rings. The van der Waals surface area contributed by atoms with Gasteiger partial charge >= 0.3 is 0 Å². The predicted octanol–water partition coefficient (Wildman–Crippen LogP) is 4.33. The first-order chi connectivity index (χ1) is 8.24. The summed E-state index contributed by atoms with van der Waals surface area (Å²) in [5.74, 6) is 0. The van der Waals surface area contributed by atoms with Crippen molar-refractivity contribution in [2.45, 2.75) is 65.1 Å². The molecule has 0 unspecified atom stereocenters. The Kier molecular flexibility index (Phi) is 5.17. The topological polar surface area (TPSA) is 35.3 Å². The van der Waals surface area contributed by atoms with Gasteiger partial charge in [-0.25, -0.2) is 0 Å². The van der Waals surface area contributed by atoms with Crippen LogP contribution in [-0.2, 0) is 10.8 Å². The van der Waals surface area contributed by atoms with Crippen LogP contribution in [0.25, 0.3) is 0 Å². The highest BCUT2D eigenvalue weighted by Gasteiger charge is 2.36. The molecule has 18 heavy (non-hydrogen) atoms. The van der Waals surface area contributed by atoms with Crippen molar-refractivity contribution in [1.29, 1.82) is 0 Å². The van der Waals surface area contributed by atoms with Gasteiger partial charge in [-0.3, -0.25) is 0 Å². The largest absolute Gasteiger partial charge is 0.417 e. The molecule has 1 rings (SSSR count). The molecular weight excluding hydrogens is 242 g/mol. The summed E-state index contributed by atoms with van der Waals surface area (Å²) >= 11 is 0. The average molecular weight is 269 g/mol.